The van der Waals surface area contributed by atoms with Crippen molar-refractivity contribution in [2.24, 2.45) is 0 Å². The monoisotopic (exact) mass is 335 g/mol. The van der Waals surface area contributed by atoms with Gasteiger partial charge in [0.2, 0.25) is 0 Å². The van der Waals surface area contributed by atoms with Gasteiger partial charge in [-0.25, -0.2) is 0 Å². The highest BCUT2D eigenvalue weighted by Gasteiger charge is 2.24. The zero-order valence-corrected chi connectivity index (χ0v) is 15.2. The summed E-state index contributed by atoms with van der Waals surface area (Å²) in [6.07, 6.45) is 0. The molecule has 2 rings (SSSR count). The minimum atomic E-state index is -0.964. The van der Waals surface area contributed by atoms with E-state index in [1.807, 2.05) is 56.4 Å². The average Bonchev–Trinajstić information content (AvgIpc) is 3.01. The highest BCUT2D eigenvalue weighted by atomic mass is 32.1. The lowest BCUT2D eigenvalue weighted by atomic mass is 10.1. The first kappa shape index (κ1) is 17.7. The molecular formula is C17H25N3O2S. The first-order valence-corrected chi connectivity index (χ1v) is 8.47. The SMILES string of the molecule is Cc1ccc(C)n1-c1sccc1C(=O)NCC(C)(O)CN(C)C. The van der Waals surface area contributed by atoms with E-state index >= 15 is 0 Å². The number of hydrogen-bond acceptors (Lipinski definition) is 4. The van der Waals surface area contributed by atoms with Crippen LogP contribution in [0.3, 0.4) is 0 Å². The third-order valence-electron chi connectivity index (χ3n) is 3.65. The molecule has 1 unspecified atom stereocenters. The van der Waals surface area contributed by atoms with Gasteiger partial charge < -0.3 is 19.9 Å². The molecular weight excluding hydrogens is 310 g/mol. The van der Waals surface area contributed by atoms with Crippen molar-refractivity contribution in [3.63, 3.8) is 0 Å². The molecule has 126 valence electrons. The second-order valence-electron chi connectivity index (χ2n) is 6.51. The van der Waals surface area contributed by atoms with Gasteiger partial charge in [-0.1, -0.05) is 0 Å². The van der Waals surface area contributed by atoms with E-state index in [-0.39, 0.29) is 12.5 Å². The lowest BCUT2D eigenvalue weighted by Gasteiger charge is -2.27. The van der Waals surface area contributed by atoms with Crippen LogP contribution in [0, 0.1) is 13.8 Å². The minimum absolute atomic E-state index is 0.159. The summed E-state index contributed by atoms with van der Waals surface area (Å²) in [7, 11) is 3.79. The van der Waals surface area contributed by atoms with Gasteiger partial charge in [-0.05, 0) is 58.4 Å². The van der Waals surface area contributed by atoms with Crippen molar-refractivity contribution in [2.45, 2.75) is 26.4 Å². The number of aromatic nitrogens is 1. The minimum Gasteiger partial charge on any atom is -0.387 e. The number of nitrogens with zero attached hydrogens (tertiary/aromatic N) is 2. The van der Waals surface area contributed by atoms with Crippen LogP contribution >= 0.6 is 11.3 Å². The molecule has 0 aliphatic rings. The van der Waals surface area contributed by atoms with E-state index in [2.05, 4.69) is 9.88 Å². The molecule has 1 amide bonds. The molecule has 6 heteroatoms. The van der Waals surface area contributed by atoms with Crippen LogP contribution in [-0.4, -0.2) is 53.3 Å². The first-order chi connectivity index (χ1) is 10.7. The quantitative estimate of drug-likeness (QED) is 0.851. The number of aryl methyl sites for hydroxylation is 2. The predicted octanol–water partition coefficient (Wildman–Crippen LogP) is 2.20. The van der Waals surface area contributed by atoms with Gasteiger partial charge in [0, 0.05) is 24.5 Å². The maximum absolute atomic E-state index is 12.5. The maximum Gasteiger partial charge on any atom is 0.254 e. The van der Waals surface area contributed by atoms with Gasteiger partial charge in [0.05, 0.1) is 11.2 Å². The third kappa shape index (κ3) is 4.22. The Morgan fingerprint density at radius 3 is 2.48 bits per heavy atom. The van der Waals surface area contributed by atoms with Crippen LogP contribution < -0.4 is 5.32 Å². The van der Waals surface area contributed by atoms with Crippen molar-refractivity contribution < 1.29 is 9.90 Å². The molecule has 2 aromatic rings. The molecule has 0 spiro atoms. The number of rotatable bonds is 6. The Bertz CT molecular complexity index is 666. The van der Waals surface area contributed by atoms with Crippen LogP contribution in [0.25, 0.3) is 5.00 Å². The van der Waals surface area contributed by atoms with Gasteiger partial charge in [0.15, 0.2) is 0 Å². The van der Waals surface area contributed by atoms with Gasteiger partial charge in [-0.3, -0.25) is 4.79 Å². The summed E-state index contributed by atoms with van der Waals surface area (Å²) in [5.41, 5.74) is 1.87. The second-order valence-corrected chi connectivity index (χ2v) is 7.40. The number of likely N-dealkylation sites (N-methyl/N-ethyl adjacent to an activating group) is 1. The van der Waals surface area contributed by atoms with Gasteiger partial charge in [-0.2, -0.15) is 0 Å². The Morgan fingerprint density at radius 2 is 1.91 bits per heavy atom. The molecule has 0 aliphatic carbocycles. The molecule has 0 fully saturated rings. The second kappa shape index (κ2) is 6.86. The molecule has 23 heavy (non-hydrogen) atoms. The van der Waals surface area contributed by atoms with Crippen molar-refractivity contribution >= 4 is 17.2 Å². The highest BCUT2D eigenvalue weighted by Crippen LogP contribution is 2.25. The molecule has 0 radical (unpaired) electrons. The molecule has 0 bridgehead atoms. The molecule has 2 heterocycles. The molecule has 0 saturated carbocycles. The fourth-order valence-electron chi connectivity index (χ4n) is 2.74. The lowest BCUT2D eigenvalue weighted by molar-refractivity contribution is 0.0326. The molecule has 5 nitrogen and oxygen atoms in total. The Labute approximate surface area is 141 Å². The normalized spacial score (nSPS) is 14.0. The Balaban J connectivity index is 2.15. The van der Waals surface area contributed by atoms with Gasteiger partial charge in [-0.15, -0.1) is 11.3 Å². The van der Waals surface area contributed by atoms with E-state index in [4.69, 9.17) is 0 Å². The lowest BCUT2D eigenvalue weighted by Crippen LogP contribution is -2.47. The van der Waals surface area contributed by atoms with Crippen LogP contribution in [0.5, 0.6) is 0 Å². The van der Waals surface area contributed by atoms with Crippen LogP contribution in [-0.2, 0) is 0 Å². The van der Waals surface area contributed by atoms with Crippen LogP contribution in [0.2, 0.25) is 0 Å². The molecule has 2 aromatic heterocycles. The summed E-state index contributed by atoms with van der Waals surface area (Å²) in [6, 6.07) is 5.91. The fraction of sp³-hybridized carbons (Fsp3) is 0.471. The van der Waals surface area contributed by atoms with Gasteiger partial charge >= 0.3 is 0 Å². The van der Waals surface area contributed by atoms with E-state index < -0.39 is 5.60 Å². The third-order valence-corrected chi connectivity index (χ3v) is 4.55. The summed E-state index contributed by atoms with van der Waals surface area (Å²) < 4.78 is 2.08. The molecule has 0 aromatic carbocycles. The van der Waals surface area contributed by atoms with Gasteiger partial charge in [0.25, 0.3) is 5.91 Å². The summed E-state index contributed by atoms with van der Waals surface area (Å²) in [4.78, 5) is 14.4. The molecule has 2 N–H and O–H groups in total. The largest absolute Gasteiger partial charge is 0.387 e. The number of thiophene rings is 1. The Kier molecular flexibility index (Phi) is 5.29. The topological polar surface area (TPSA) is 57.5 Å². The fourth-order valence-corrected chi connectivity index (χ4v) is 3.75. The zero-order valence-electron chi connectivity index (χ0n) is 14.4. The Hall–Kier alpha value is -1.63. The average molecular weight is 335 g/mol. The van der Waals surface area contributed by atoms with E-state index in [1.165, 1.54) is 11.3 Å². The van der Waals surface area contributed by atoms with Crippen molar-refractivity contribution in [3.05, 3.63) is 40.5 Å². The highest BCUT2D eigenvalue weighted by molar-refractivity contribution is 7.13. The van der Waals surface area contributed by atoms with Crippen LogP contribution in [0.15, 0.2) is 23.6 Å². The van der Waals surface area contributed by atoms with Crippen molar-refractivity contribution in [3.8, 4) is 5.00 Å². The number of carbonyl (C=O) groups is 1. The number of amides is 1. The summed E-state index contributed by atoms with van der Waals surface area (Å²) in [5, 5.41) is 16.0. The summed E-state index contributed by atoms with van der Waals surface area (Å²) >= 11 is 1.54. The van der Waals surface area contributed by atoms with Crippen molar-refractivity contribution in [2.75, 3.05) is 27.2 Å². The molecule has 0 aliphatic heterocycles. The summed E-state index contributed by atoms with van der Waals surface area (Å²) in [5.74, 6) is -0.159. The number of aliphatic hydroxyl groups is 1. The summed E-state index contributed by atoms with van der Waals surface area (Å²) in [6.45, 7) is 6.47. The maximum atomic E-state index is 12.5. The van der Waals surface area contributed by atoms with Gasteiger partial charge in [0.1, 0.15) is 5.00 Å². The smallest absolute Gasteiger partial charge is 0.254 e. The van der Waals surface area contributed by atoms with E-state index in [9.17, 15) is 9.90 Å². The standard InChI is InChI=1S/C17H25N3O2S/c1-12-6-7-13(2)20(12)16-14(8-9-23-16)15(21)18-10-17(3,22)11-19(4)5/h6-9,22H,10-11H2,1-5H3,(H,18,21). The zero-order chi connectivity index (χ0) is 17.2. The van der Waals surface area contributed by atoms with Crippen molar-refractivity contribution in [1.29, 1.82) is 0 Å². The van der Waals surface area contributed by atoms with Crippen LogP contribution in [0.1, 0.15) is 28.7 Å². The first-order valence-electron chi connectivity index (χ1n) is 7.59. The van der Waals surface area contributed by atoms with E-state index in [1.54, 1.807) is 6.92 Å². The van der Waals surface area contributed by atoms with E-state index in [0.717, 1.165) is 16.4 Å². The molecule has 1 atom stereocenters. The van der Waals surface area contributed by atoms with Crippen molar-refractivity contribution in [1.82, 2.24) is 14.8 Å². The Morgan fingerprint density at radius 1 is 1.30 bits per heavy atom. The van der Waals surface area contributed by atoms with E-state index in [0.29, 0.717) is 12.1 Å². The predicted molar refractivity (Wildman–Crippen MR) is 94.6 cm³/mol. The molecule has 0 saturated heterocycles. The van der Waals surface area contributed by atoms with Crippen LogP contribution in [0.4, 0.5) is 0 Å². The number of carbonyl (C=O) groups excluding carboxylic acids is 1. The number of hydrogen-bond donors (Lipinski definition) is 2. The number of nitrogens with one attached hydrogen (secondary N) is 1.